The zero-order valence-corrected chi connectivity index (χ0v) is 8.40. The van der Waals surface area contributed by atoms with Crippen molar-refractivity contribution in [2.75, 3.05) is 13.1 Å². The highest BCUT2D eigenvalue weighted by atomic mass is 16.5. The van der Waals surface area contributed by atoms with Crippen LogP contribution in [0.3, 0.4) is 0 Å². The summed E-state index contributed by atoms with van der Waals surface area (Å²) in [5.74, 6) is 0.492. The summed E-state index contributed by atoms with van der Waals surface area (Å²) in [7, 11) is 0. The van der Waals surface area contributed by atoms with Crippen molar-refractivity contribution in [3.05, 3.63) is 11.7 Å². The summed E-state index contributed by atoms with van der Waals surface area (Å²) in [6.45, 7) is 2.14. The van der Waals surface area contributed by atoms with Crippen LogP contribution < -0.4 is 11.1 Å². The quantitative estimate of drug-likeness (QED) is 0.712. The topological polar surface area (TPSA) is 94.0 Å². The highest BCUT2D eigenvalue weighted by molar-refractivity contribution is 5.88. The van der Waals surface area contributed by atoms with Gasteiger partial charge in [0.25, 0.3) is 11.7 Å². The van der Waals surface area contributed by atoms with Gasteiger partial charge in [-0.25, -0.2) is 0 Å². The van der Waals surface area contributed by atoms with E-state index < -0.39 is 5.91 Å². The lowest BCUT2D eigenvalue weighted by molar-refractivity contribution is 0.0987. The number of hydrogen-bond donors (Lipinski definition) is 2. The van der Waals surface area contributed by atoms with Gasteiger partial charge in [0.05, 0.1) is 0 Å². The smallest absolute Gasteiger partial charge is 0.290 e. The van der Waals surface area contributed by atoms with Gasteiger partial charge in [0.1, 0.15) is 0 Å². The second kappa shape index (κ2) is 4.39. The van der Waals surface area contributed by atoms with Crippen LogP contribution in [0, 0.1) is 5.92 Å². The van der Waals surface area contributed by atoms with E-state index in [1.54, 1.807) is 0 Å². The van der Waals surface area contributed by atoms with E-state index in [9.17, 15) is 4.79 Å². The fraction of sp³-hybridized carbons (Fsp3) is 0.667. The molecule has 1 fully saturated rings. The summed E-state index contributed by atoms with van der Waals surface area (Å²) >= 11 is 0. The maximum atomic E-state index is 10.7. The molecule has 1 amide bonds. The minimum absolute atomic E-state index is 0.0328. The minimum Gasteiger partial charge on any atom is -0.363 e. The molecule has 82 valence electrons. The third-order valence-electron chi connectivity index (χ3n) is 2.62. The molecule has 1 aliphatic heterocycles. The molecule has 1 atom stereocenters. The first-order valence-electron chi connectivity index (χ1n) is 5.09. The first-order chi connectivity index (χ1) is 7.25. The van der Waals surface area contributed by atoms with E-state index >= 15 is 0 Å². The van der Waals surface area contributed by atoms with E-state index in [1.165, 1.54) is 6.42 Å². The fourth-order valence-electron chi connectivity index (χ4n) is 1.74. The molecule has 15 heavy (non-hydrogen) atoms. The van der Waals surface area contributed by atoms with E-state index in [2.05, 4.69) is 15.5 Å². The van der Waals surface area contributed by atoms with E-state index in [0.717, 1.165) is 19.5 Å². The average molecular weight is 210 g/mol. The third kappa shape index (κ3) is 2.53. The highest BCUT2D eigenvalue weighted by Crippen LogP contribution is 2.14. The predicted octanol–water partition coefficient (Wildman–Crippen LogP) is -0.289. The molecule has 1 saturated heterocycles. The van der Waals surface area contributed by atoms with Crippen LogP contribution in [-0.2, 0) is 6.42 Å². The molecule has 0 spiro atoms. The van der Waals surface area contributed by atoms with Crippen molar-refractivity contribution in [3.63, 3.8) is 0 Å². The molecule has 2 rings (SSSR count). The van der Waals surface area contributed by atoms with Gasteiger partial charge < -0.3 is 15.6 Å². The summed E-state index contributed by atoms with van der Waals surface area (Å²) in [6.07, 6.45) is 2.91. The number of nitrogens with one attached hydrogen (secondary N) is 1. The van der Waals surface area contributed by atoms with Gasteiger partial charge in [-0.3, -0.25) is 4.79 Å². The van der Waals surface area contributed by atoms with Crippen molar-refractivity contribution in [2.45, 2.75) is 19.3 Å². The van der Waals surface area contributed by atoms with Crippen LogP contribution in [0.4, 0.5) is 0 Å². The fourth-order valence-corrected chi connectivity index (χ4v) is 1.74. The number of primary amides is 1. The lowest BCUT2D eigenvalue weighted by Gasteiger charge is -2.03. The maximum absolute atomic E-state index is 10.7. The Labute approximate surface area is 87.2 Å². The van der Waals surface area contributed by atoms with Gasteiger partial charge >= 0.3 is 0 Å². The van der Waals surface area contributed by atoms with Crippen LogP contribution >= 0.6 is 0 Å². The SMILES string of the molecule is NC(=O)c1noc(CCC2CCNC2)n1. The largest absolute Gasteiger partial charge is 0.363 e. The minimum atomic E-state index is -0.646. The third-order valence-corrected chi connectivity index (χ3v) is 2.62. The number of nitrogens with two attached hydrogens (primary N) is 1. The van der Waals surface area contributed by atoms with E-state index in [-0.39, 0.29) is 5.82 Å². The van der Waals surface area contributed by atoms with Crippen molar-refractivity contribution < 1.29 is 9.32 Å². The molecule has 1 unspecified atom stereocenters. The van der Waals surface area contributed by atoms with E-state index in [4.69, 9.17) is 10.3 Å². The molecule has 1 aliphatic rings. The number of carbonyl (C=O) groups excluding carboxylic acids is 1. The van der Waals surface area contributed by atoms with E-state index in [1.807, 2.05) is 0 Å². The van der Waals surface area contributed by atoms with Crippen molar-refractivity contribution in [1.82, 2.24) is 15.5 Å². The number of aryl methyl sites for hydroxylation is 1. The van der Waals surface area contributed by atoms with Crippen LogP contribution in [0.2, 0.25) is 0 Å². The Hall–Kier alpha value is -1.43. The second-order valence-electron chi connectivity index (χ2n) is 3.77. The summed E-state index contributed by atoms with van der Waals surface area (Å²) in [6, 6.07) is 0. The van der Waals surface area contributed by atoms with Gasteiger partial charge in [-0.1, -0.05) is 5.16 Å². The Morgan fingerprint density at radius 3 is 3.13 bits per heavy atom. The van der Waals surface area contributed by atoms with Crippen molar-refractivity contribution in [3.8, 4) is 0 Å². The zero-order valence-electron chi connectivity index (χ0n) is 8.40. The number of amides is 1. The first-order valence-corrected chi connectivity index (χ1v) is 5.09. The highest BCUT2D eigenvalue weighted by Gasteiger charge is 2.16. The van der Waals surface area contributed by atoms with Crippen LogP contribution in [0.15, 0.2) is 4.52 Å². The van der Waals surface area contributed by atoms with Gasteiger partial charge in [-0.15, -0.1) is 0 Å². The van der Waals surface area contributed by atoms with Gasteiger partial charge in [0.2, 0.25) is 5.89 Å². The Morgan fingerprint density at radius 2 is 2.53 bits per heavy atom. The lowest BCUT2D eigenvalue weighted by atomic mass is 10.0. The number of hydrogen-bond acceptors (Lipinski definition) is 5. The number of nitrogens with zero attached hydrogens (tertiary/aromatic N) is 2. The molecular formula is C9H14N4O2. The average Bonchev–Trinajstić information content (AvgIpc) is 2.86. The van der Waals surface area contributed by atoms with Gasteiger partial charge in [-0.05, 0) is 31.8 Å². The first kappa shape index (κ1) is 10.1. The molecule has 0 aliphatic carbocycles. The Bertz CT molecular complexity index is 344. The molecule has 2 heterocycles. The van der Waals surface area contributed by atoms with Crippen LogP contribution in [0.25, 0.3) is 0 Å². The van der Waals surface area contributed by atoms with Crippen molar-refractivity contribution in [2.24, 2.45) is 11.7 Å². The molecule has 6 heteroatoms. The number of carbonyl (C=O) groups is 1. The molecular weight excluding hydrogens is 196 g/mol. The molecule has 0 aromatic carbocycles. The van der Waals surface area contributed by atoms with Crippen LogP contribution in [-0.4, -0.2) is 29.1 Å². The Morgan fingerprint density at radius 1 is 1.67 bits per heavy atom. The molecule has 6 nitrogen and oxygen atoms in total. The summed E-state index contributed by atoms with van der Waals surface area (Å²) in [5, 5.41) is 6.78. The zero-order chi connectivity index (χ0) is 10.7. The lowest BCUT2D eigenvalue weighted by Crippen LogP contribution is -2.13. The molecule has 3 N–H and O–H groups in total. The Balaban J connectivity index is 1.84. The van der Waals surface area contributed by atoms with Crippen LogP contribution in [0.5, 0.6) is 0 Å². The molecule has 0 saturated carbocycles. The molecule has 1 aromatic heterocycles. The normalized spacial score (nSPS) is 20.7. The molecule has 0 radical (unpaired) electrons. The second-order valence-corrected chi connectivity index (χ2v) is 3.77. The standard InChI is InChI=1S/C9H14N4O2/c10-8(14)9-12-7(15-13-9)2-1-6-3-4-11-5-6/h6,11H,1-5H2,(H2,10,14). The molecule has 1 aromatic rings. The van der Waals surface area contributed by atoms with Gasteiger partial charge in [0, 0.05) is 6.42 Å². The van der Waals surface area contributed by atoms with E-state index in [0.29, 0.717) is 18.2 Å². The summed E-state index contributed by atoms with van der Waals surface area (Å²) in [5.41, 5.74) is 5.01. The van der Waals surface area contributed by atoms with Gasteiger partial charge in [0.15, 0.2) is 0 Å². The monoisotopic (exact) mass is 210 g/mol. The molecule has 0 bridgehead atoms. The number of rotatable bonds is 4. The Kier molecular flexibility index (Phi) is 2.96. The number of aromatic nitrogens is 2. The van der Waals surface area contributed by atoms with Crippen molar-refractivity contribution in [1.29, 1.82) is 0 Å². The summed E-state index contributed by atoms with van der Waals surface area (Å²) in [4.78, 5) is 14.6. The predicted molar refractivity (Wildman–Crippen MR) is 52.1 cm³/mol. The van der Waals surface area contributed by atoms with Crippen molar-refractivity contribution >= 4 is 5.91 Å². The van der Waals surface area contributed by atoms with Crippen LogP contribution in [0.1, 0.15) is 29.4 Å². The summed E-state index contributed by atoms with van der Waals surface area (Å²) < 4.78 is 4.90. The van der Waals surface area contributed by atoms with Gasteiger partial charge in [-0.2, -0.15) is 4.98 Å². The maximum Gasteiger partial charge on any atom is 0.290 e.